The van der Waals surface area contributed by atoms with Crippen LogP contribution < -0.4 is 10.2 Å². The third-order valence-corrected chi connectivity index (χ3v) is 5.49. The molecule has 1 aliphatic rings. The summed E-state index contributed by atoms with van der Waals surface area (Å²) in [6, 6.07) is 9.19. The number of nitrogens with one attached hydrogen (secondary N) is 1. The molecule has 2 aromatic rings. The molecule has 0 saturated heterocycles. The van der Waals surface area contributed by atoms with Crippen molar-refractivity contribution in [3.05, 3.63) is 45.1 Å². The second kappa shape index (κ2) is 7.58. The number of carbonyl (C=O) groups excluding carboxylic acids is 2. The van der Waals surface area contributed by atoms with E-state index >= 15 is 0 Å². The Balaban J connectivity index is 1.77. The molecule has 0 aliphatic carbocycles. The van der Waals surface area contributed by atoms with E-state index in [9.17, 15) is 9.59 Å². The third-order valence-electron chi connectivity index (χ3n) is 4.26. The molecule has 2 amide bonds. The van der Waals surface area contributed by atoms with E-state index in [4.69, 9.17) is 11.6 Å². The van der Waals surface area contributed by atoms with Gasteiger partial charge in [-0.1, -0.05) is 25.4 Å². The second-order valence-corrected chi connectivity index (χ2v) is 8.34. The van der Waals surface area contributed by atoms with Crippen molar-refractivity contribution in [3.63, 3.8) is 0 Å². The maximum atomic E-state index is 12.3. The monoisotopic (exact) mass is 376 g/mol. The molecule has 2 heterocycles. The van der Waals surface area contributed by atoms with Crippen molar-refractivity contribution < 1.29 is 9.59 Å². The number of carbonyl (C=O) groups is 2. The molecule has 0 unspecified atom stereocenters. The van der Waals surface area contributed by atoms with Crippen LogP contribution in [0.1, 0.15) is 41.9 Å². The summed E-state index contributed by atoms with van der Waals surface area (Å²) in [7, 11) is 0. The number of benzene rings is 1. The number of aryl methyl sites for hydroxylation is 1. The van der Waals surface area contributed by atoms with Crippen LogP contribution in [0.2, 0.25) is 4.34 Å². The first-order valence-electron chi connectivity index (χ1n) is 8.44. The van der Waals surface area contributed by atoms with Crippen LogP contribution in [0.3, 0.4) is 0 Å². The Hall–Kier alpha value is -1.85. The highest BCUT2D eigenvalue weighted by Crippen LogP contribution is 2.31. The number of hydrogen-bond acceptors (Lipinski definition) is 3. The van der Waals surface area contributed by atoms with Gasteiger partial charge in [0.15, 0.2) is 0 Å². The van der Waals surface area contributed by atoms with Crippen LogP contribution in [0.15, 0.2) is 30.3 Å². The van der Waals surface area contributed by atoms with Crippen LogP contribution in [-0.4, -0.2) is 18.4 Å². The third kappa shape index (κ3) is 4.22. The number of amides is 2. The van der Waals surface area contributed by atoms with Crippen molar-refractivity contribution >= 4 is 46.1 Å². The molecule has 6 heteroatoms. The van der Waals surface area contributed by atoms with Gasteiger partial charge in [-0.2, -0.15) is 0 Å². The molecular formula is C19H21ClN2O2S. The van der Waals surface area contributed by atoms with Crippen LogP contribution in [0, 0.1) is 5.92 Å². The molecule has 0 bridgehead atoms. The second-order valence-electron chi connectivity index (χ2n) is 6.63. The van der Waals surface area contributed by atoms with E-state index in [2.05, 4.69) is 19.2 Å². The molecule has 0 fully saturated rings. The van der Waals surface area contributed by atoms with Gasteiger partial charge in [-0.25, -0.2) is 0 Å². The van der Waals surface area contributed by atoms with Gasteiger partial charge in [0.1, 0.15) is 0 Å². The van der Waals surface area contributed by atoms with E-state index in [1.54, 1.807) is 12.1 Å². The first-order chi connectivity index (χ1) is 11.9. The topological polar surface area (TPSA) is 49.4 Å². The summed E-state index contributed by atoms with van der Waals surface area (Å²) in [5.74, 6) is 0.563. The van der Waals surface area contributed by atoms with Gasteiger partial charge >= 0.3 is 0 Å². The summed E-state index contributed by atoms with van der Waals surface area (Å²) in [5, 5.41) is 2.91. The molecule has 0 atom stereocenters. The van der Waals surface area contributed by atoms with E-state index in [0.717, 1.165) is 29.9 Å². The van der Waals surface area contributed by atoms with Crippen molar-refractivity contribution in [3.8, 4) is 0 Å². The first-order valence-corrected chi connectivity index (χ1v) is 9.63. The highest BCUT2D eigenvalue weighted by atomic mass is 35.5. The van der Waals surface area contributed by atoms with Gasteiger partial charge in [0.2, 0.25) is 5.91 Å². The Morgan fingerprint density at radius 2 is 2.08 bits per heavy atom. The van der Waals surface area contributed by atoms with E-state index in [1.807, 2.05) is 23.1 Å². The quantitative estimate of drug-likeness (QED) is 0.800. The van der Waals surface area contributed by atoms with Crippen LogP contribution >= 0.6 is 22.9 Å². The maximum Gasteiger partial charge on any atom is 0.265 e. The lowest BCUT2D eigenvalue weighted by Gasteiger charge is -2.30. The molecule has 3 rings (SSSR count). The van der Waals surface area contributed by atoms with Crippen molar-refractivity contribution in [1.82, 2.24) is 0 Å². The minimum atomic E-state index is -0.166. The number of thiophene rings is 1. The SMILES string of the molecule is CC(C)CCN1C(=O)CCc2cc(NC(=O)c3ccc(Cl)s3)ccc21. The summed E-state index contributed by atoms with van der Waals surface area (Å²) in [6.07, 6.45) is 2.20. The van der Waals surface area contributed by atoms with Crippen molar-refractivity contribution in [1.29, 1.82) is 0 Å². The van der Waals surface area contributed by atoms with Gasteiger partial charge in [0, 0.05) is 24.3 Å². The van der Waals surface area contributed by atoms with E-state index < -0.39 is 0 Å². The number of nitrogens with zero attached hydrogens (tertiary/aromatic N) is 1. The van der Waals surface area contributed by atoms with Gasteiger partial charge in [-0.15, -0.1) is 11.3 Å². The van der Waals surface area contributed by atoms with Gasteiger partial charge in [-0.3, -0.25) is 9.59 Å². The Morgan fingerprint density at radius 1 is 1.28 bits per heavy atom. The van der Waals surface area contributed by atoms with Gasteiger partial charge in [0.25, 0.3) is 5.91 Å². The van der Waals surface area contributed by atoms with Crippen molar-refractivity contribution in [2.45, 2.75) is 33.1 Å². The van der Waals surface area contributed by atoms with Crippen molar-refractivity contribution in [2.24, 2.45) is 5.92 Å². The molecule has 25 heavy (non-hydrogen) atoms. The highest BCUT2D eigenvalue weighted by molar-refractivity contribution is 7.18. The summed E-state index contributed by atoms with van der Waals surface area (Å²) >= 11 is 7.14. The Bertz CT molecular complexity index is 800. The zero-order valence-electron chi connectivity index (χ0n) is 14.3. The number of anilines is 2. The molecule has 1 N–H and O–H groups in total. The number of halogens is 1. The summed E-state index contributed by atoms with van der Waals surface area (Å²) in [5.41, 5.74) is 2.81. The number of fused-ring (bicyclic) bond motifs is 1. The first kappa shape index (κ1) is 18.0. The molecule has 132 valence electrons. The lowest BCUT2D eigenvalue weighted by atomic mass is 9.99. The average molecular weight is 377 g/mol. The summed E-state index contributed by atoms with van der Waals surface area (Å²) in [6.45, 7) is 5.05. The Labute approximate surface area is 156 Å². The maximum absolute atomic E-state index is 12.3. The molecule has 1 aromatic carbocycles. The van der Waals surface area contributed by atoms with E-state index in [1.165, 1.54) is 11.3 Å². The predicted molar refractivity (Wildman–Crippen MR) is 104 cm³/mol. The van der Waals surface area contributed by atoms with Crippen LogP contribution in [0.25, 0.3) is 0 Å². The fourth-order valence-electron chi connectivity index (χ4n) is 2.90. The van der Waals surface area contributed by atoms with Crippen LogP contribution in [0.4, 0.5) is 11.4 Å². The Morgan fingerprint density at radius 3 is 2.76 bits per heavy atom. The van der Waals surface area contributed by atoms with Crippen molar-refractivity contribution in [2.75, 3.05) is 16.8 Å². The largest absolute Gasteiger partial charge is 0.321 e. The standard InChI is InChI=1S/C19H21ClN2O2S/c1-12(2)9-10-22-15-5-4-14(11-13(15)3-8-18(22)23)21-19(24)16-6-7-17(20)25-16/h4-7,11-12H,3,8-10H2,1-2H3,(H,21,24). The average Bonchev–Trinajstić information content (AvgIpc) is 3.00. The van der Waals surface area contributed by atoms with Gasteiger partial charge in [-0.05, 0) is 54.7 Å². The fourth-order valence-corrected chi connectivity index (χ4v) is 3.84. The fraction of sp³-hybridized carbons (Fsp3) is 0.368. The number of rotatable bonds is 5. The summed E-state index contributed by atoms with van der Waals surface area (Å²) in [4.78, 5) is 27.0. The van der Waals surface area contributed by atoms with Gasteiger partial charge in [0.05, 0.1) is 9.21 Å². The molecule has 4 nitrogen and oxygen atoms in total. The molecule has 1 aromatic heterocycles. The molecular weight excluding hydrogens is 356 g/mol. The number of hydrogen-bond donors (Lipinski definition) is 1. The molecule has 1 aliphatic heterocycles. The van der Waals surface area contributed by atoms with Gasteiger partial charge < -0.3 is 10.2 Å². The van der Waals surface area contributed by atoms with E-state index in [-0.39, 0.29) is 11.8 Å². The van der Waals surface area contributed by atoms with E-state index in [0.29, 0.717) is 28.0 Å². The minimum Gasteiger partial charge on any atom is -0.321 e. The predicted octanol–water partition coefficient (Wildman–Crippen LogP) is 4.98. The molecule has 0 saturated carbocycles. The van der Waals surface area contributed by atoms with Crippen LogP contribution in [-0.2, 0) is 11.2 Å². The molecule has 0 spiro atoms. The molecule has 0 radical (unpaired) electrons. The zero-order valence-corrected chi connectivity index (χ0v) is 15.9. The highest BCUT2D eigenvalue weighted by Gasteiger charge is 2.24. The smallest absolute Gasteiger partial charge is 0.265 e. The lowest BCUT2D eigenvalue weighted by Crippen LogP contribution is -2.36. The zero-order chi connectivity index (χ0) is 18.0. The normalized spacial score (nSPS) is 13.9. The minimum absolute atomic E-state index is 0.166. The summed E-state index contributed by atoms with van der Waals surface area (Å²) < 4.78 is 0.592. The Kier molecular flexibility index (Phi) is 5.45. The lowest BCUT2D eigenvalue weighted by molar-refractivity contribution is -0.118. The van der Waals surface area contributed by atoms with Crippen LogP contribution in [0.5, 0.6) is 0 Å².